The largest absolute Gasteiger partial charge is 0.473 e. The third-order valence-corrected chi connectivity index (χ3v) is 2.15. The topological polar surface area (TPSA) is 25.2 Å². The van der Waals surface area contributed by atoms with E-state index in [9.17, 15) is 0 Å². The molecular weight excluding hydrogens is 174 g/mol. The van der Waals surface area contributed by atoms with Gasteiger partial charge >= 0.3 is 0 Å². The van der Waals surface area contributed by atoms with E-state index in [1.54, 1.807) is 12.5 Å². The first-order chi connectivity index (χ1) is 6.97. The lowest BCUT2D eigenvalue weighted by Gasteiger charge is -1.94. The summed E-state index contributed by atoms with van der Waals surface area (Å²) in [6, 6.07) is 12.1. The average molecular weight is 187 g/mol. The first kappa shape index (κ1) is 8.88. The van der Waals surface area contributed by atoms with Crippen LogP contribution in [-0.4, -0.2) is 6.54 Å². The number of hydrogen-bond donors (Lipinski definition) is 1. The van der Waals surface area contributed by atoms with Gasteiger partial charge in [-0.15, -0.1) is 0 Å². The summed E-state index contributed by atoms with van der Waals surface area (Å²) in [5.41, 5.74) is 2.77. The predicted molar refractivity (Wildman–Crippen MR) is 57.3 cm³/mol. The van der Waals surface area contributed by atoms with Gasteiger partial charge in [0.2, 0.25) is 0 Å². The van der Waals surface area contributed by atoms with Crippen molar-refractivity contribution >= 4 is 5.69 Å². The highest BCUT2D eigenvalue weighted by Gasteiger charge is 2.05. The van der Waals surface area contributed by atoms with E-state index in [4.69, 9.17) is 0 Å². The molecule has 0 bridgehead atoms. The Morgan fingerprint density at radius 1 is 1.00 bits per heavy atom. The summed E-state index contributed by atoms with van der Waals surface area (Å²) in [5.74, 6) is 0. The number of benzene rings is 1. The van der Waals surface area contributed by atoms with Crippen LogP contribution in [0.4, 0.5) is 5.69 Å². The molecule has 1 aromatic heterocycles. The van der Waals surface area contributed by atoms with E-state index in [0.717, 1.165) is 6.54 Å². The van der Waals surface area contributed by atoms with Crippen molar-refractivity contribution in [3.63, 3.8) is 0 Å². The number of nitrogens with one attached hydrogen (secondary N) is 1. The van der Waals surface area contributed by atoms with Gasteiger partial charge in [-0.1, -0.05) is 18.2 Å². The molecule has 0 saturated heterocycles. The van der Waals surface area contributed by atoms with Crippen molar-refractivity contribution in [2.45, 2.75) is 6.42 Å². The zero-order chi connectivity index (χ0) is 9.64. The summed E-state index contributed by atoms with van der Waals surface area (Å²) in [4.78, 5) is 0. The predicted octanol–water partition coefficient (Wildman–Crippen LogP) is 2.93. The van der Waals surface area contributed by atoms with Crippen LogP contribution in [0.1, 0.15) is 5.56 Å². The van der Waals surface area contributed by atoms with Gasteiger partial charge in [0.25, 0.3) is 0 Å². The van der Waals surface area contributed by atoms with Crippen LogP contribution >= 0.6 is 0 Å². The molecule has 0 spiro atoms. The normalized spacial score (nSPS) is 12.3. The van der Waals surface area contributed by atoms with Crippen molar-refractivity contribution in [2.24, 2.45) is 0 Å². The maximum Gasteiger partial charge on any atom is 0.0902 e. The standard InChI is InChI=1S/C8H9N.C4H4O/c1-2-4-8-7(3-1)5-6-9-8;1-2-4-5-3-1/h1-4,9H,5-6H2;1-4H. The summed E-state index contributed by atoms with van der Waals surface area (Å²) in [5, 5.41) is 3.30. The number of hydrogen-bond acceptors (Lipinski definition) is 2. The number of anilines is 1. The van der Waals surface area contributed by atoms with Gasteiger partial charge in [-0.05, 0) is 30.2 Å². The quantitative estimate of drug-likeness (QED) is 0.686. The van der Waals surface area contributed by atoms with Gasteiger partial charge in [0.1, 0.15) is 0 Å². The molecule has 14 heavy (non-hydrogen) atoms. The number of para-hydroxylation sites is 1. The molecule has 72 valence electrons. The van der Waals surface area contributed by atoms with E-state index in [2.05, 4.69) is 34.0 Å². The molecule has 0 atom stereocenters. The minimum absolute atomic E-state index is 1.11. The van der Waals surface area contributed by atoms with E-state index in [1.165, 1.54) is 17.7 Å². The summed E-state index contributed by atoms with van der Waals surface area (Å²) < 4.78 is 4.58. The Bertz CT molecular complexity index is 327. The van der Waals surface area contributed by atoms with Crippen LogP contribution < -0.4 is 5.32 Å². The zero-order valence-corrected chi connectivity index (χ0v) is 7.94. The highest BCUT2D eigenvalue weighted by molar-refractivity contribution is 5.54. The molecule has 0 unspecified atom stereocenters. The second kappa shape index (κ2) is 4.51. The molecule has 0 saturated carbocycles. The lowest BCUT2D eigenvalue weighted by atomic mass is 10.2. The fourth-order valence-corrected chi connectivity index (χ4v) is 1.47. The van der Waals surface area contributed by atoms with Crippen LogP contribution in [0.2, 0.25) is 0 Å². The van der Waals surface area contributed by atoms with Crippen LogP contribution in [0.25, 0.3) is 0 Å². The Labute approximate surface area is 83.6 Å². The molecule has 1 N–H and O–H groups in total. The fourth-order valence-electron chi connectivity index (χ4n) is 1.47. The van der Waals surface area contributed by atoms with Gasteiger partial charge in [-0.25, -0.2) is 0 Å². The van der Waals surface area contributed by atoms with Crippen molar-refractivity contribution in [3.05, 3.63) is 54.5 Å². The first-order valence-corrected chi connectivity index (χ1v) is 4.76. The molecule has 0 amide bonds. The Morgan fingerprint density at radius 2 is 1.79 bits per heavy atom. The van der Waals surface area contributed by atoms with E-state index in [1.807, 2.05) is 12.1 Å². The second-order valence-corrected chi connectivity index (χ2v) is 3.13. The van der Waals surface area contributed by atoms with Gasteiger partial charge in [-0.3, -0.25) is 0 Å². The molecule has 2 aromatic rings. The van der Waals surface area contributed by atoms with Crippen LogP contribution in [0.15, 0.2) is 53.3 Å². The van der Waals surface area contributed by atoms with Crippen molar-refractivity contribution in [3.8, 4) is 0 Å². The monoisotopic (exact) mass is 187 g/mol. The van der Waals surface area contributed by atoms with Gasteiger partial charge in [-0.2, -0.15) is 0 Å². The Hall–Kier alpha value is -1.70. The summed E-state index contributed by atoms with van der Waals surface area (Å²) >= 11 is 0. The second-order valence-electron chi connectivity index (χ2n) is 3.13. The SMILES string of the molecule is c1ccc2c(c1)CCN2.c1ccoc1. The smallest absolute Gasteiger partial charge is 0.0902 e. The molecule has 2 heterocycles. The van der Waals surface area contributed by atoms with Gasteiger partial charge in [0, 0.05) is 12.2 Å². The fraction of sp³-hybridized carbons (Fsp3) is 0.167. The van der Waals surface area contributed by atoms with Crippen LogP contribution in [0, 0.1) is 0 Å². The van der Waals surface area contributed by atoms with Gasteiger partial charge < -0.3 is 9.73 Å². The summed E-state index contributed by atoms with van der Waals surface area (Å²) in [6.07, 6.45) is 4.44. The molecule has 1 aliphatic rings. The minimum atomic E-state index is 1.11. The van der Waals surface area contributed by atoms with E-state index >= 15 is 0 Å². The highest BCUT2D eigenvalue weighted by atomic mass is 16.3. The molecule has 1 aliphatic heterocycles. The van der Waals surface area contributed by atoms with E-state index < -0.39 is 0 Å². The van der Waals surface area contributed by atoms with Crippen LogP contribution in [-0.2, 0) is 6.42 Å². The number of rotatable bonds is 0. The Balaban J connectivity index is 0.000000128. The third-order valence-electron chi connectivity index (χ3n) is 2.15. The minimum Gasteiger partial charge on any atom is -0.473 e. The molecule has 2 heteroatoms. The van der Waals surface area contributed by atoms with Crippen LogP contribution in [0.3, 0.4) is 0 Å². The lowest BCUT2D eigenvalue weighted by molar-refractivity contribution is 0.567. The van der Waals surface area contributed by atoms with Crippen molar-refractivity contribution in [1.82, 2.24) is 0 Å². The van der Waals surface area contributed by atoms with Gasteiger partial charge in [0.15, 0.2) is 0 Å². The van der Waals surface area contributed by atoms with Crippen LogP contribution in [0.5, 0.6) is 0 Å². The molecule has 2 nitrogen and oxygen atoms in total. The Kier molecular flexibility index (Phi) is 2.86. The van der Waals surface area contributed by atoms with E-state index in [-0.39, 0.29) is 0 Å². The number of fused-ring (bicyclic) bond motifs is 1. The summed E-state index contributed by atoms with van der Waals surface area (Å²) in [6.45, 7) is 1.11. The van der Waals surface area contributed by atoms with E-state index in [0.29, 0.717) is 0 Å². The van der Waals surface area contributed by atoms with Gasteiger partial charge in [0.05, 0.1) is 12.5 Å². The number of furan rings is 1. The Morgan fingerprint density at radius 3 is 2.43 bits per heavy atom. The molecule has 3 rings (SSSR count). The first-order valence-electron chi connectivity index (χ1n) is 4.76. The molecule has 0 radical (unpaired) electrons. The average Bonchev–Trinajstić information content (AvgIpc) is 2.92. The van der Waals surface area contributed by atoms with Crippen molar-refractivity contribution < 1.29 is 4.42 Å². The molecule has 1 aromatic carbocycles. The maximum atomic E-state index is 4.58. The zero-order valence-electron chi connectivity index (χ0n) is 7.94. The molecule has 0 aliphatic carbocycles. The molecule has 0 fully saturated rings. The lowest BCUT2D eigenvalue weighted by Crippen LogP contribution is -1.90. The summed E-state index contributed by atoms with van der Waals surface area (Å²) in [7, 11) is 0. The van der Waals surface area contributed by atoms with Crippen molar-refractivity contribution in [1.29, 1.82) is 0 Å². The van der Waals surface area contributed by atoms with Crippen molar-refractivity contribution in [2.75, 3.05) is 11.9 Å². The highest BCUT2D eigenvalue weighted by Crippen LogP contribution is 2.19. The molecular formula is C12H13NO. The maximum absolute atomic E-state index is 4.58. The third kappa shape index (κ3) is 2.16.